The summed E-state index contributed by atoms with van der Waals surface area (Å²) in [5.41, 5.74) is 8.32. The number of nitrogens with one attached hydrogen (secondary N) is 1. The molecular formula is C21H28N2O3. The second-order valence-corrected chi connectivity index (χ2v) is 6.11. The van der Waals surface area contributed by atoms with E-state index < -0.39 is 0 Å². The molecule has 0 unspecified atom stereocenters. The number of rotatable bonds is 10. The quantitative estimate of drug-likeness (QED) is 0.618. The van der Waals surface area contributed by atoms with Crippen molar-refractivity contribution in [2.45, 2.75) is 39.5 Å². The van der Waals surface area contributed by atoms with E-state index >= 15 is 0 Å². The summed E-state index contributed by atoms with van der Waals surface area (Å²) >= 11 is 0. The monoisotopic (exact) mass is 356 g/mol. The lowest BCUT2D eigenvalue weighted by molar-refractivity contribution is -0.116. The zero-order valence-corrected chi connectivity index (χ0v) is 15.6. The number of ether oxygens (including phenoxy) is 2. The van der Waals surface area contributed by atoms with Crippen LogP contribution in [0.4, 0.5) is 11.4 Å². The lowest BCUT2D eigenvalue weighted by atomic mass is 10.1. The Morgan fingerprint density at radius 3 is 2.38 bits per heavy atom. The zero-order valence-electron chi connectivity index (χ0n) is 15.6. The molecule has 26 heavy (non-hydrogen) atoms. The van der Waals surface area contributed by atoms with E-state index in [9.17, 15) is 4.79 Å². The largest absolute Gasteiger partial charge is 0.490 e. The van der Waals surface area contributed by atoms with Crippen molar-refractivity contribution >= 4 is 17.3 Å². The smallest absolute Gasteiger partial charge is 0.224 e. The molecule has 5 heteroatoms. The minimum Gasteiger partial charge on any atom is -0.490 e. The normalized spacial score (nSPS) is 10.4. The highest BCUT2D eigenvalue weighted by Crippen LogP contribution is 2.31. The molecule has 0 spiro atoms. The molecular weight excluding hydrogens is 328 g/mol. The van der Waals surface area contributed by atoms with E-state index in [1.807, 2.05) is 49.4 Å². The first-order valence-electron chi connectivity index (χ1n) is 9.17. The van der Waals surface area contributed by atoms with Gasteiger partial charge in [-0.3, -0.25) is 4.79 Å². The number of carbonyl (C=O) groups excluding carboxylic acids is 1. The summed E-state index contributed by atoms with van der Waals surface area (Å²) in [4.78, 5) is 12.3. The zero-order chi connectivity index (χ0) is 18.8. The Labute approximate surface area is 155 Å². The lowest BCUT2D eigenvalue weighted by Gasteiger charge is -2.14. The lowest BCUT2D eigenvalue weighted by Crippen LogP contribution is -2.13. The van der Waals surface area contributed by atoms with E-state index in [0.29, 0.717) is 48.9 Å². The van der Waals surface area contributed by atoms with Crippen LogP contribution in [0.25, 0.3) is 0 Å². The molecule has 2 rings (SSSR count). The minimum absolute atomic E-state index is 0.0584. The molecule has 0 atom stereocenters. The fourth-order valence-electron chi connectivity index (χ4n) is 2.48. The van der Waals surface area contributed by atoms with Crippen molar-refractivity contribution in [2.24, 2.45) is 0 Å². The molecule has 0 aliphatic carbocycles. The summed E-state index contributed by atoms with van der Waals surface area (Å²) in [6, 6.07) is 13.1. The summed E-state index contributed by atoms with van der Waals surface area (Å²) in [7, 11) is 0. The SMILES string of the molecule is CCCOc1ccc(NC(=O)CCc2ccccc2N)cc1OCCC. The molecule has 0 aliphatic rings. The maximum Gasteiger partial charge on any atom is 0.224 e. The van der Waals surface area contributed by atoms with Gasteiger partial charge in [-0.1, -0.05) is 32.0 Å². The molecule has 140 valence electrons. The number of hydrogen-bond donors (Lipinski definition) is 2. The Hall–Kier alpha value is -2.69. The summed E-state index contributed by atoms with van der Waals surface area (Å²) in [6.45, 7) is 5.34. The van der Waals surface area contributed by atoms with Crippen LogP contribution in [0.2, 0.25) is 0 Å². The van der Waals surface area contributed by atoms with Gasteiger partial charge in [0.2, 0.25) is 5.91 Å². The Bertz CT molecular complexity index is 716. The third-order valence-corrected chi connectivity index (χ3v) is 3.83. The molecule has 2 aromatic carbocycles. The molecule has 0 aromatic heterocycles. The van der Waals surface area contributed by atoms with Gasteiger partial charge in [0.25, 0.3) is 0 Å². The van der Waals surface area contributed by atoms with E-state index in [2.05, 4.69) is 12.2 Å². The van der Waals surface area contributed by atoms with Gasteiger partial charge in [-0.25, -0.2) is 0 Å². The molecule has 0 aliphatic heterocycles. The molecule has 0 radical (unpaired) electrons. The van der Waals surface area contributed by atoms with Crippen LogP contribution >= 0.6 is 0 Å². The number of nitrogens with two attached hydrogens (primary N) is 1. The van der Waals surface area contributed by atoms with Crippen molar-refractivity contribution in [1.29, 1.82) is 0 Å². The third-order valence-electron chi connectivity index (χ3n) is 3.83. The van der Waals surface area contributed by atoms with Crippen LogP contribution in [0.15, 0.2) is 42.5 Å². The molecule has 0 heterocycles. The van der Waals surface area contributed by atoms with Crippen molar-refractivity contribution in [3.8, 4) is 11.5 Å². The number of anilines is 2. The Balaban J connectivity index is 1.98. The summed E-state index contributed by atoms with van der Waals surface area (Å²) in [5.74, 6) is 1.30. The molecule has 0 saturated heterocycles. The average molecular weight is 356 g/mol. The number of aryl methyl sites for hydroxylation is 1. The Morgan fingerprint density at radius 1 is 1.00 bits per heavy atom. The van der Waals surface area contributed by atoms with Crippen LogP contribution in [0.1, 0.15) is 38.7 Å². The highest BCUT2D eigenvalue weighted by atomic mass is 16.5. The average Bonchev–Trinajstić information content (AvgIpc) is 2.65. The van der Waals surface area contributed by atoms with Crippen LogP contribution < -0.4 is 20.5 Å². The number of para-hydroxylation sites is 1. The number of nitrogen functional groups attached to an aromatic ring is 1. The van der Waals surface area contributed by atoms with Gasteiger partial charge in [0.05, 0.1) is 13.2 Å². The van der Waals surface area contributed by atoms with Gasteiger partial charge in [-0.15, -0.1) is 0 Å². The van der Waals surface area contributed by atoms with Crippen LogP contribution in [0.3, 0.4) is 0 Å². The van der Waals surface area contributed by atoms with E-state index in [0.717, 1.165) is 18.4 Å². The second kappa shape index (κ2) is 10.3. The van der Waals surface area contributed by atoms with Crippen molar-refractivity contribution in [2.75, 3.05) is 24.3 Å². The predicted molar refractivity (Wildman–Crippen MR) is 106 cm³/mol. The number of benzene rings is 2. The standard InChI is InChI=1S/C21H28N2O3/c1-3-13-25-19-11-10-17(15-20(19)26-14-4-2)23-21(24)12-9-16-7-5-6-8-18(16)22/h5-8,10-11,15H,3-4,9,12-14,22H2,1-2H3,(H,23,24). The maximum absolute atomic E-state index is 12.3. The van der Waals surface area contributed by atoms with E-state index in [1.54, 1.807) is 0 Å². The summed E-state index contributed by atoms with van der Waals surface area (Å²) in [5, 5.41) is 2.92. The molecule has 0 fully saturated rings. The molecule has 0 bridgehead atoms. The topological polar surface area (TPSA) is 73.6 Å². The van der Waals surface area contributed by atoms with Gasteiger partial charge in [-0.2, -0.15) is 0 Å². The van der Waals surface area contributed by atoms with Crippen LogP contribution in [-0.2, 0) is 11.2 Å². The number of carbonyl (C=O) groups is 1. The van der Waals surface area contributed by atoms with Crippen molar-refractivity contribution < 1.29 is 14.3 Å². The van der Waals surface area contributed by atoms with E-state index in [4.69, 9.17) is 15.2 Å². The molecule has 0 saturated carbocycles. The molecule has 2 aromatic rings. The van der Waals surface area contributed by atoms with Gasteiger partial charge in [-0.05, 0) is 43.0 Å². The Morgan fingerprint density at radius 2 is 1.69 bits per heavy atom. The van der Waals surface area contributed by atoms with Gasteiger partial charge in [0.15, 0.2) is 11.5 Å². The van der Waals surface area contributed by atoms with E-state index in [-0.39, 0.29) is 5.91 Å². The Kier molecular flexibility index (Phi) is 7.80. The first-order valence-corrected chi connectivity index (χ1v) is 9.17. The van der Waals surface area contributed by atoms with Gasteiger partial charge in [0, 0.05) is 23.9 Å². The predicted octanol–water partition coefficient (Wildman–Crippen LogP) is 4.42. The third kappa shape index (κ3) is 5.99. The number of amides is 1. The highest BCUT2D eigenvalue weighted by Gasteiger charge is 2.10. The fourth-order valence-corrected chi connectivity index (χ4v) is 2.48. The molecule has 1 amide bonds. The van der Waals surface area contributed by atoms with Gasteiger partial charge >= 0.3 is 0 Å². The highest BCUT2D eigenvalue weighted by molar-refractivity contribution is 5.91. The molecule has 3 N–H and O–H groups in total. The van der Waals surface area contributed by atoms with Crippen molar-refractivity contribution in [3.63, 3.8) is 0 Å². The van der Waals surface area contributed by atoms with Crippen molar-refractivity contribution in [1.82, 2.24) is 0 Å². The van der Waals surface area contributed by atoms with Crippen LogP contribution in [0.5, 0.6) is 11.5 Å². The van der Waals surface area contributed by atoms with Crippen LogP contribution in [0, 0.1) is 0 Å². The van der Waals surface area contributed by atoms with Gasteiger partial charge in [0.1, 0.15) is 0 Å². The number of hydrogen-bond acceptors (Lipinski definition) is 4. The second-order valence-electron chi connectivity index (χ2n) is 6.11. The van der Waals surface area contributed by atoms with Gasteiger partial charge < -0.3 is 20.5 Å². The summed E-state index contributed by atoms with van der Waals surface area (Å²) in [6.07, 6.45) is 2.81. The maximum atomic E-state index is 12.3. The van der Waals surface area contributed by atoms with Crippen LogP contribution in [-0.4, -0.2) is 19.1 Å². The van der Waals surface area contributed by atoms with Crippen molar-refractivity contribution in [3.05, 3.63) is 48.0 Å². The minimum atomic E-state index is -0.0584. The van der Waals surface area contributed by atoms with E-state index in [1.165, 1.54) is 0 Å². The first kappa shape index (κ1) is 19.6. The first-order chi connectivity index (χ1) is 12.6. The molecule has 5 nitrogen and oxygen atoms in total. The fraction of sp³-hybridized carbons (Fsp3) is 0.381. The summed E-state index contributed by atoms with van der Waals surface area (Å²) < 4.78 is 11.5.